The van der Waals surface area contributed by atoms with E-state index in [1.54, 1.807) is 12.1 Å². The zero-order valence-corrected chi connectivity index (χ0v) is 10.1. The van der Waals surface area contributed by atoms with E-state index in [1.165, 1.54) is 23.9 Å². The first-order valence-electron chi connectivity index (χ1n) is 4.95. The second kappa shape index (κ2) is 6.24. The van der Waals surface area contributed by atoms with Crippen LogP contribution in [0.15, 0.2) is 24.3 Å². The summed E-state index contributed by atoms with van der Waals surface area (Å²) in [7, 11) is 0. The Kier molecular flexibility index (Phi) is 4.96. The van der Waals surface area contributed by atoms with Crippen LogP contribution in [0.2, 0.25) is 0 Å². The molecule has 4 nitrogen and oxygen atoms in total. The summed E-state index contributed by atoms with van der Waals surface area (Å²) in [4.78, 5) is 21.6. The first-order chi connectivity index (χ1) is 7.99. The lowest BCUT2D eigenvalue weighted by molar-refractivity contribution is -0.117. The van der Waals surface area contributed by atoms with Crippen LogP contribution < -0.4 is 11.1 Å². The van der Waals surface area contributed by atoms with E-state index in [9.17, 15) is 14.0 Å². The highest BCUT2D eigenvalue weighted by molar-refractivity contribution is 8.00. The molecule has 3 amide bonds. The van der Waals surface area contributed by atoms with Gasteiger partial charge in [0.05, 0.1) is 5.75 Å². The number of imide groups is 1. The van der Waals surface area contributed by atoms with Gasteiger partial charge in [-0.05, 0) is 24.6 Å². The summed E-state index contributed by atoms with van der Waals surface area (Å²) in [5.74, 6) is -0.601. The van der Waals surface area contributed by atoms with E-state index < -0.39 is 11.9 Å². The molecule has 0 aliphatic heterocycles. The van der Waals surface area contributed by atoms with E-state index in [4.69, 9.17) is 5.73 Å². The van der Waals surface area contributed by atoms with Gasteiger partial charge >= 0.3 is 6.03 Å². The molecule has 0 aliphatic rings. The Morgan fingerprint density at radius 1 is 1.41 bits per heavy atom. The molecule has 0 radical (unpaired) electrons. The molecule has 6 heteroatoms. The molecule has 0 saturated carbocycles. The molecule has 92 valence electrons. The van der Waals surface area contributed by atoms with E-state index in [1.807, 2.05) is 12.2 Å². The monoisotopic (exact) mass is 256 g/mol. The van der Waals surface area contributed by atoms with Gasteiger partial charge < -0.3 is 5.73 Å². The minimum atomic E-state index is -0.856. The average Bonchev–Trinajstić information content (AvgIpc) is 2.26. The number of carbonyl (C=O) groups excluding carboxylic acids is 2. The smallest absolute Gasteiger partial charge is 0.318 e. The van der Waals surface area contributed by atoms with Crippen molar-refractivity contribution in [2.75, 3.05) is 5.75 Å². The second-order valence-electron chi connectivity index (χ2n) is 3.42. The fraction of sp³-hybridized carbons (Fsp3) is 0.273. The largest absolute Gasteiger partial charge is 0.351 e. The molecule has 3 N–H and O–H groups in total. The van der Waals surface area contributed by atoms with Gasteiger partial charge in [0.1, 0.15) is 5.82 Å². The van der Waals surface area contributed by atoms with Gasteiger partial charge in [0.25, 0.3) is 0 Å². The molecular weight excluding hydrogens is 243 g/mol. The van der Waals surface area contributed by atoms with Gasteiger partial charge in [-0.3, -0.25) is 10.1 Å². The van der Waals surface area contributed by atoms with Crippen LogP contribution in [0.1, 0.15) is 17.7 Å². The third-order valence-electron chi connectivity index (χ3n) is 2.07. The predicted octanol–water partition coefficient (Wildman–Crippen LogP) is 1.81. The molecule has 1 unspecified atom stereocenters. The first-order valence-corrected chi connectivity index (χ1v) is 6.00. The zero-order chi connectivity index (χ0) is 12.8. The van der Waals surface area contributed by atoms with Gasteiger partial charge in [0.2, 0.25) is 5.91 Å². The number of carbonyl (C=O) groups is 2. The molecule has 1 aromatic rings. The zero-order valence-electron chi connectivity index (χ0n) is 9.27. The highest BCUT2D eigenvalue weighted by Crippen LogP contribution is 2.27. The molecule has 17 heavy (non-hydrogen) atoms. The summed E-state index contributed by atoms with van der Waals surface area (Å²) >= 11 is 1.34. The van der Waals surface area contributed by atoms with Gasteiger partial charge in [-0.25, -0.2) is 9.18 Å². The van der Waals surface area contributed by atoms with E-state index in [-0.39, 0.29) is 16.8 Å². The normalized spacial score (nSPS) is 11.9. The Labute approximate surface area is 103 Å². The minimum Gasteiger partial charge on any atom is -0.351 e. The number of urea groups is 1. The second-order valence-corrected chi connectivity index (χ2v) is 4.75. The lowest BCUT2D eigenvalue weighted by atomic mass is 10.2. The summed E-state index contributed by atoms with van der Waals surface area (Å²) in [6.07, 6.45) is 0. The number of benzene rings is 1. The van der Waals surface area contributed by atoms with Gasteiger partial charge in [-0.1, -0.05) is 12.1 Å². The fourth-order valence-electron chi connectivity index (χ4n) is 1.20. The Bertz CT molecular complexity index is 408. The number of thioether (sulfide) groups is 1. The molecule has 1 aromatic carbocycles. The molecule has 0 heterocycles. The van der Waals surface area contributed by atoms with Crippen LogP contribution in [0.25, 0.3) is 0 Å². The molecule has 0 bridgehead atoms. The summed E-state index contributed by atoms with van der Waals surface area (Å²) < 4.78 is 12.7. The molecule has 1 atom stereocenters. The van der Waals surface area contributed by atoms with Gasteiger partial charge in [0.15, 0.2) is 0 Å². The van der Waals surface area contributed by atoms with Crippen molar-refractivity contribution in [3.05, 3.63) is 35.6 Å². The molecule has 0 saturated heterocycles. The Morgan fingerprint density at radius 3 is 2.53 bits per heavy atom. The predicted molar refractivity (Wildman–Crippen MR) is 65.0 cm³/mol. The van der Waals surface area contributed by atoms with Gasteiger partial charge in [-0.15, -0.1) is 11.8 Å². The van der Waals surface area contributed by atoms with E-state index in [0.717, 1.165) is 5.56 Å². The molecule has 0 aromatic heterocycles. The maximum Gasteiger partial charge on any atom is 0.318 e. The van der Waals surface area contributed by atoms with Crippen molar-refractivity contribution in [1.82, 2.24) is 5.32 Å². The van der Waals surface area contributed by atoms with Crippen molar-refractivity contribution in [3.8, 4) is 0 Å². The van der Waals surface area contributed by atoms with Crippen molar-refractivity contribution >= 4 is 23.7 Å². The van der Waals surface area contributed by atoms with E-state index in [0.29, 0.717) is 0 Å². The van der Waals surface area contributed by atoms with E-state index >= 15 is 0 Å². The van der Waals surface area contributed by atoms with Crippen molar-refractivity contribution in [3.63, 3.8) is 0 Å². The Balaban J connectivity index is 2.44. The highest BCUT2D eigenvalue weighted by Gasteiger charge is 2.10. The van der Waals surface area contributed by atoms with Crippen LogP contribution in [-0.4, -0.2) is 17.7 Å². The molecular formula is C11H13FN2O2S. The van der Waals surface area contributed by atoms with Crippen LogP contribution in [0, 0.1) is 5.82 Å². The highest BCUT2D eigenvalue weighted by atomic mass is 32.2. The number of nitrogens with one attached hydrogen (secondary N) is 1. The van der Waals surface area contributed by atoms with Gasteiger partial charge in [0, 0.05) is 5.25 Å². The lowest BCUT2D eigenvalue weighted by Gasteiger charge is -2.10. The SMILES string of the molecule is CC(SCC(=O)NC(N)=O)c1ccc(F)cc1. The summed E-state index contributed by atoms with van der Waals surface area (Å²) in [5.41, 5.74) is 5.73. The minimum absolute atomic E-state index is 0.0363. The van der Waals surface area contributed by atoms with Crippen molar-refractivity contribution in [1.29, 1.82) is 0 Å². The average molecular weight is 256 g/mol. The number of primary amides is 1. The van der Waals surface area contributed by atoms with Gasteiger partial charge in [-0.2, -0.15) is 0 Å². The maximum absolute atomic E-state index is 12.7. The van der Waals surface area contributed by atoms with Crippen LogP contribution in [0.5, 0.6) is 0 Å². The number of amides is 3. The van der Waals surface area contributed by atoms with Crippen molar-refractivity contribution in [2.24, 2.45) is 5.73 Å². The summed E-state index contributed by atoms with van der Waals surface area (Å²) in [6.45, 7) is 1.90. The summed E-state index contributed by atoms with van der Waals surface area (Å²) in [6, 6.07) is 5.22. The van der Waals surface area contributed by atoms with Crippen LogP contribution in [0.4, 0.5) is 9.18 Å². The Hall–Kier alpha value is -1.56. The maximum atomic E-state index is 12.7. The van der Waals surface area contributed by atoms with Crippen LogP contribution >= 0.6 is 11.8 Å². The van der Waals surface area contributed by atoms with Crippen molar-refractivity contribution in [2.45, 2.75) is 12.2 Å². The van der Waals surface area contributed by atoms with E-state index in [2.05, 4.69) is 0 Å². The molecule has 0 spiro atoms. The number of rotatable bonds is 4. The molecule has 0 aliphatic carbocycles. The quantitative estimate of drug-likeness (QED) is 0.863. The standard InChI is InChI=1S/C11H13FN2O2S/c1-7(8-2-4-9(12)5-3-8)17-6-10(15)14-11(13)16/h2-5,7H,6H2,1H3,(H3,13,14,15,16). The molecule has 0 fully saturated rings. The number of hydrogen-bond donors (Lipinski definition) is 2. The topological polar surface area (TPSA) is 72.2 Å². The number of halogens is 1. The Morgan fingerprint density at radius 2 is 2.00 bits per heavy atom. The number of hydrogen-bond acceptors (Lipinski definition) is 3. The summed E-state index contributed by atoms with van der Waals surface area (Å²) in [5, 5.41) is 2.01. The number of nitrogens with two attached hydrogens (primary N) is 1. The third kappa shape index (κ3) is 4.86. The first kappa shape index (κ1) is 13.5. The van der Waals surface area contributed by atoms with Crippen LogP contribution in [0.3, 0.4) is 0 Å². The third-order valence-corrected chi connectivity index (χ3v) is 3.27. The van der Waals surface area contributed by atoms with Crippen molar-refractivity contribution < 1.29 is 14.0 Å². The molecule has 1 rings (SSSR count). The fourth-order valence-corrected chi connectivity index (χ4v) is 2.03. The van der Waals surface area contributed by atoms with Crippen LogP contribution in [-0.2, 0) is 4.79 Å². The lowest BCUT2D eigenvalue weighted by Crippen LogP contribution is -2.36.